The molecular weight excluding hydrogens is 146 g/mol. The Kier molecular flexibility index (Phi) is 2.06. The van der Waals surface area contributed by atoms with Gasteiger partial charge in [-0.2, -0.15) is 0 Å². The summed E-state index contributed by atoms with van der Waals surface area (Å²) in [6.45, 7) is -0.242. The van der Waals surface area contributed by atoms with Gasteiger partial charge in [0.25, 0.3) is 0 Å². The Morgan fingerprint density at radius 1 is 1.55 bits per heavy atom. The van der Waals surface area contributed by atoms with E-state index in [1.165, 1.54) is 12.1 Å². The molecular formula is C7H7NO3. The molecule has 1 aromatic carbocycles. The van der Waals surface area contributed by atoms with Gasteiger partial charge < -0.3 is 5.11 Å². The lowest BCUT2D eigenvalue weighted by Gasteiger charge is -1.94. The third-order valence-corrected chi connectivity index (χ3v) is 1.22. The standard InChI is InChI=1S/C7H7NO3/c9-7-3-1-2-6(4-7)5-8(10)11/h1-4,9H,5H2. The maximum absolute atomic E-state index is 10.0. The average molecular weight is 153 g/mol. The highest BCUT2D eigenvalue weighted by atomic mass is 16.6. The van der Waals surface area contributed by atoms with Crippen LogP contribution in [0, 0.1) is 10.1 Å². The number of nitrogens with zero attached hydrogens (tertiary/aromatic N) is 1. The van der Waals surface area contributed by atoms with Gasteiger partial charge in [-0.05, 0) is 12.1 Å². The summed E-state index contributed by atoms with van der Waals surface area (Å²) in [5, 5.41) is 18.9. The molecule has 1 aromatic rings. The van der Waals surface area contributed by atoms with Crippen LogP contribution in [0.1, 0.15) is 5.56 Å². The van der Waals surface area contributed by atoms with Crippen LogP contribution in [0.3, 0.4) is 0 Å². The summed E-state index contributed by atoms with van der Waals surface area (Å²) in [6, 6.07) is 6.03. The number of rotatable bonds is 2. The number of benzene rings is 1. The van der Waals surface area contributed by atoms with E-state index in [0.29, 0.717) is 5.56 Å². The molecule has 4 heteroatoms. The Morgan fingerprint density at radius 2 is 2.27 bits per heavy atom. The molecule has 0 radical (unpaired) electrons. The van der Waals surface area contributed by atoms with E-state index in [-0.39, 0.29) is 12.3 Å². The molecule has 0 unspecified atom stereocenters. The van der Waals surface area contributed by atoms with Crippen molar-refractivity contribution in [1.29, 1.82) is 0 Å². The minimum absolute atomic E-state index is 0.0596. The topological polar surface area (TPSA) is 63.4 Å². The molecule has 0 saturated heterocycles. The Bertz CT molecular complexity index is 272. The second kappa shape index (κ2) is 3.01. The van der Waals surface area contributed by atoms with Crippen molar-refractivity contribution in [3.8, 4) is 5.75 Å². The SMILES string of the molecule is O=[N+]([O-])Cc1cccc(O)c1. The van der Waals surface area contributed by atoms with Crippen LogP contribution < -0.4 is 0 Å². The molecule has 0 aromatic heterocycles. The molecule has 4 nitrogen and oxygen atoms in total. The van der Waals surface area contributed by atoms with Crippen LogP contribution in [0.4, 0.5) is 0 Å². The molecule has 0 heterocycles. The second-order valence-corrected chi connectivity index (χ2v) is 2.16. The van der Waals surface area contributed by atoms with Crippen LogP contribution in [-0.2, 0) is 6.54 Å². The molecule has 0 fully saturated rings. The molecule has 0 saturated carbocycles. The van der Waals surface area contributed by atoms with Gasteiger partial charge in [-0.1, -0.05) is 12.1 Å². The first-order valence-corrected chi connectivity index (χ1v) is 3.08. The van der Waals surface area contributed by atoms with Crippen molar-refractivity contribution < 1.29 is 10.0 Å². The van der Waals surface area contributed by atoms with E-state index in [1.807, 2.05) is 0 Å². The summed E-state index contributed by atoms with van der Waals surface area (Å²) in [5.74, 6) is 0.0596. The summed E-state index contributed by atoms with van der Waals surface area (Å²) < 4.78 is 0. The number of aromatic hydroxyl groups is 1. The minimum atomic E-state index is -0.436. The van der Waals surface area contributed by atoms with E-state index in [9.17, 15) is 10.1 Å². The van der Waals surface area contributed by atoms with E-state index < -0.39 is 4.92 Å². The van der Waals surface area contributed by atoms with Crippen molar-refractivity contribution in [1.82, 2.24) is 0 Å². The van der Waals surface area contributed by atoms with Crippen molar-refractivity contribution in [2.45, 2.75) is 6.54 Å². The highest BCUT2D eigenvalue weighted by Crippen LogP contribution is 2.10. The molecule has 1 rings (SSSR count). The molecule has 58 valence electrons. The normalized spacial score (nSPS) is 9.45. The predicted octanol–water partition coefficient (Wildman–Crippen LogP) is 1.17. The van der Waals surface area contributed by atoms with Gasteiger partial charge in [0.05, 0.1) is 0 Å². The first-order chi connectivity index (χ1) is 5.18. The highest BCUT2D eigenvalue weighted by Gasteiger charge is 2.00. The number of hydrogen-bond donors (Lipinski definition) is 1. The van der Waals surface area contributed by atoms with Crippen molar-refractivity contribution in [2.24, 2.45) is 0 Å². The van der Waals surface area contributed by atoms with Crippen molar-refractivity contribution in [2.75, 3.05) is 0 Å². The maximum atomic E-state index is 10.0. The summed E-state index contributed by atoms with van der Waals surface area (Å²) in [5.41, 5.74) is 0.509. The molecule has 0 aliphatic rings. The van der Waals surface area contributed by atoms with Crippen LogP contribution in [0.2, 0.25) is 0 Å². The molecule has 1 N–H and O–H groups in total. The molecule has 0 spiro atoms. The smallest absolute Gasteiger partial charge is 0.229 e. The third kappa shape index (κ3) is 2.25. The molecule has 0 atom stereocenters. The molecule has 0 bridgehead atoms. The summed E-state index contributed by atoms with van der Waals surface area (Å²) in [4.78, 5) is 9.57. The average Bonchev–Trinajstić information content (AvgIpc) is 1.85. The number of hydrogen-bond acceptors (Lipinski definition) is 3. The van der Waals surface area contributed by atoms with E-state index in [0.717, 1.165) is 0 Å². The second-order valence-electron chi connectivity index (χ2n) is 2.16. The van der Waals surface area contributed by atoms with Crippen LogP contribution in [0.15, 0.2) is 24.3 Å². The van der Waals surface area contributed by atoms with Gasteiger partial charge in [0.1, 0.15) is 5.75 Å². The Hall–Kier alpha value is -1.58. The summed E-state index contributed by atoms with van der Waals surface area (Å²) >= 11 is 0. The fraction of sp³-hybridized carbons (Fsp3) is 0.143. The fourth-order valence-corrected chi connectivity index (χ4v) is 0.804. The number of phenolic OH excluding ortho intramolecular Hbond substituents is 1. The van der Waals surface area contributed by atoms with Crippen molar-refractivity contribution >= 4 is 0 Å². The third-order valence-electron chi connectivity index (χ3n) is 1.22. The first kappa shape index (κ1) is 7.53. The zero-order valence-corrected chi connectivity index (χ0v) is 5.73. The zero-order valence-electron chi connectivity index (χ0n) is 5.73. The van der Waals surface area contributed by atoms with E-state index in [1.54, 1.807) is 12.1 Å². The van der Waals surface area contributed by atoms with Crippen LogP contribution in [0.25, 0.3) is 0 Å². The highest BCUT2D eigenvalue weighted by molar-refractivity contribution is 5.26. The molecule has 11 heavy (non-hydrogen) atoms. The van der Waals surface area contributed by atoms with Gasteiger partial charge in [0.2, 0.25) is 6.54 Å². The Morgan fingerprint density at radius 3 is 2.82 bits per heavy atom. The molecule has 0 aliphatic heterocycles. The molecule has 0 aliphatic carbocycles. The van der Waals surface area contributed by atoms with Crippen LogP contribution >= 0.6 is 0 Å². The van der Waals surface area contributed by atoms with Gasteiger partial charge in [0.15, 0.2) is 0 Å². The number of phenols is 1. The summed E-state index contributed by atoms with van der Waals surface area (Å²) in [7, 11) is 0. The lowest BCUT2D eigenvalue weighted by molar-refractivity contribution is -0.496. The zero-order chi connectivity index (χ0) is 8.27. The van der Waals surface area contributed by atoms with Crippen LogP contribution in [-0.4, -0.2) is 10.0 Å². The monoisotopic (exact) mass is 153 g/mol. The van der Waals surface area contributed by atoms with Gasteiger partial charge in [-0.15, -0.1) is 0 Å². The lowest BCUT2D eigenvalue weighted by Crippen LogP contribution is -1.97. The Balaban J connectivity index is 2.79. The van der Waals surface area contributed by atoms with Gasteiger partial charge in [-0.25, -0.2) is 0 Å². The summed E-state index contributed by atoms with van der Waals surface area (Å²) in [6.07, 6.45) is 0. The van der Waals surface area contributed by atoms with Crippen molar-refractivity contribution in [3.05, 3.63) is 39.9 Å². The predicted molar refractivity (Wildman–Crippen MR) is 38.8 cm³/mol. The van der Waals surface area contributed by atoms with E-state index in [2.05, 4.69) is 0 Å². The quantitative estimate of drug-likeness (QED) is 0.512. The van der Waals surface area contributed by atoms with Gasteiger partial charge >= 0.3 is 0 Å². The Labute approximate surface area is 63.2 Å². The maximum Gasteiger partial charge on any atom is 0.229 e. The van der Waals surface area contributed by atoms with Gasteiger partial charge in [0, 0.05) is 10.5 Å². The number of nitro groups is 1. The van der Waals surface area contributed by atoms with Crippen molar-refractivity contribution in [3.63, 3.8) is 0 Å². The van der Waals surface area contributed by atoms with Gasteiger partial charge in [-0.3, -0.25) is 10.1 Å². The minimum Gasteiger partial charge on any atom is -0.508 e. The first-order valence-electron chi connectivity index (χ1n) is 3.08. The largest absolute Gasteiger partial charge is 0.508 e. The fourth-order valence-electron chi connectivity index (χ4n) is 0.804. The lowest BCUT2D eigenvalue weighted by atomic mass is 10.2. The van der Waals surface area contributed by atoms with E-state index in [4.69, 9.17) is 5.11 Å². The van der Waals surface area contributed by atoms with E-state index >= 15 is 0 Å². The molecule has 0 amide bonds. The van der Waals surface area contributed by atoms with Crippen LogP contribution in [0.5, 0.6) is 5.75 Å².